The van der Waals surface area contributed by atoms with Crippen molar-refractivity contribution in [1.29, 1.82) is 0 Å². The van der Waals surface area contributed by atoms with Crippen LogP contribution in [0.3, 0.4) is 0 Å². The van der Waals surface area contributed by atoms with E-state index in [2.05, 4.69) is 15.0 Å². The number of hydrogen-bond acceptors (Lipinski definition) is 4. The lowest BCUT2D eigenvalue weighted by Crippen LogP contribution is -2.29. The van der Waals surface area contributed by atoms with Gasteiger partial charge in [-0.05, 0) is 24.6 Å². The van der Waals surface area contributed by atoms with Gasteiger partial charge in [0, 0.05) is 31.6 Å². The molecule has 0 radical (unpaired) electrons. The molecule has 0 fully saturated rings. The van der Waals surface area contributed by atoms with Gasteiger partial charge in [-0.3, -0.25) is 9.78 Å². The summed E-state index contributed by atoms with van der Waals surface area (Å²) >= 11 is 0. The van der Waals surface area contributed by atoms with Gasteiger partial charge in [-0.25, -0.2) is 13.1 Å². The molecule has 7 heteroatoms. The van der Waals surface area contributed by atoms with Gasteiger partial charge in [0.15, 0.2) is 0 Å². The van der Waals surface area contributed by atoms with Crippen LogP contribution in [0.2, 0.25) is 0 Å². The quantitative estimate of drug-likeness (QED) is 0.861. The first-order valence-corrected chi connectivity index (χ1v) is 7.98. The first-order chi connectivity index (χ1) is 9.94. The maximum absolute atomic E-state index is 12.3. The van der Waals surface area contributed by atoms with Crippen molar-refractivity contribution < 1.29 is 13.2 Å². The molecular weight excluding hydrogens is 290 g/mol. The number of amides is 1. The second-order valence-electron chi connectivity index (χ2n) is 4.66. The molecule has 0 spiro atoms. The van der Waals surface area contributed by atoms with E-state index in [1.807, 2.05) is 19.1 Å². The highest BCUT2D eigenvalue weighted by Crippen LogP contribution is 2.21. The van der Waals surface area contributed by atoms with Crippen LogP contribution in [0.25, 0.3) is 10.9 Å². The zero-order valence-electron chi connectivity index (χ0n) is 11.9. The Morgan fingerprint density at radius 3 is 2.81 bits per heavy atom. The molecule has 0 aliphatic rings. The summed E-state index contributed by atoms with van der Waals surface area (Å²) in [6, 6.07) is 6.88. The van der Waals surface area contributed by atoms with E-state index in [-0.39, 0.29) is 23.8 Å². The zero-order chi connectivity index (χ0) is 15.5. The van der Waals surface area contributed by atoms with Crippen LogP contribution in [0.4, 0.5) is 0 Å². The Labute approximate surface area is 123 Å². The Bertz CT molecular complexity index is 772. The van der Waals surface area contributed by atoms with Gasteiger partial charge in [0.25, 0.3) is 0 Å². The number of nitrogens with one attached hydrogen (secondary N) is 2. The monoisotopic (exact) mass is 307 g/mol. The van der Waals surface area contributed by atoms with Crippen LogP contribution in [0.1, 0.15) is 12.0 Å². The number of pyridine rings is 1. The molecule has 0 aliphatic carbocycles. The number of rotatable bonds is 5. The van der Waals surface area contributed by atoms with Crippen molar-refractivity contribution in [3.8, 4) is 0 Å². The van der Waals surface area contributed by atoms with Crippen molar-refractivity contribution >= 4 is 26.8 Å². The van der Waals surface area contributed by atoms with Gasteiger partial charge in [0.05, 0.1) is 5.52 Å². The Morgan fingerprint density at radius 2 is 2.10 bits per heavy atom. The molecule has 0 unspecified atom stereocenters. The summed E-state index contributed by atoms with van der Waals surface area (Å²) in [4.78, 5) is 15.5. The number of fused-ring (bicyclic) bond motifs is 1. The molecule has 21 heavy (non-hydrogen) atoms. The second kappa shape index (κ2) is 6.19. The fourth-order valence-electron chi connectivity index (χ4n) is 1.96. The molecule has 0 saturated heterocycles. The largest absolute Gasteiger partial charge is 0.359 e. The fraction of sp³-hybridized carbons (Fsp3) is 0.286. The molecular formula is C14H17N3O3S. The number of nitrogens with zero attached hydrogens (tertiary/aromatic N) is 1. The zero-order valence-corrected chi connectivity index (χ0v) is 12.7. The Balaban J connectivity index is 2.30. The molecule has 0 aliphatic heterocycles. The molecule has 6 nitrogen and oxygen atoms in total. The standard InChI is InChI=1S/C14H17N3O3S/c1-10-8-11-4-3-5-12(14(11)16-9-10)21(19,20)17-7-6-13(18)15-2/h3-5,8-9,17H,6-7H2,1-2H3,(H,15,18). The average Bonchev–Trinajstić information content (AvgIpc) is 2.45. The molecule has 1 amide bonds. The summed E-state index contributed by atoms with van der Waals surface area (Å²) in [6.45, 7) is 1.94. The first kappa shape index (κ1) is 15.4. The Morgan fingerprint density at radius 1 is 1.33 bits per heavy atom. The van der Waals surface area contributed by atoms with Crippen LogP contribution >= 0.6 is 0 Å². The maximum atomic E-state index is 12.3. The summed E-state index contributed by atoms with van der Waals surface area (Å²) in [7, 11) is -2.19. The molecule has 0 atom stereocenters. The third kappa shape index (κ3) is 3.56. The number of benzene rings is 1. The van der Waals surface area contributed by atoms with Gasteiger partial charge in [-0.1, -0.05) is 12.1 Å². The number of para-hydroxylation sites is 1. The van der Waals surface area contributed by atoms with Crippen LogP contribution in [0, 0.1) is 6.92 Å². The van der Waals surface area contributed by atoms with E-state index in [1.165, 1.54) is 13.1 Å². The summed E-state index contributed by atoms with van der Waals surface area (Å²) in [5.74, 6) is -0.218. The number of aromatic nitrogens is 1. The van der Waals surface area contributed by atoms with Gasteiger partial charge in [0.1, 0.15) is 4.90 Å². The van der Waals surface area contributed by atoms with E-state index in [0.717, 1.165) is 10.9 Å². The van der Waals surface area contributed by atoms with Crippen LogP contribution < -0.4 is 10.0 Å². The van der Waals surface area contributed by atoms with Crippen LogP contribution in [-0.4, -0.2) is 32.9 Å². The summed E-state index contributed by atoms with van der Waals surface area (Å²) < 4.78 is 27.1. The lowest BCUT2D eigenvalue weighted by Gasteiger charge is -2.09. The van der Waals surface area contributed by atoms with Gasteiger partial charge < -0.3 is 5.32 Å². The van der Waals surface area contributed by atoms with Gasteiger partial charge >= 0.3 is 0 Å². The van der Waals surface area contributed by atoms with E-state index < -0.39 is 10.0 Å². The summed E-state index contributed by atoms with van der Waals surface area (Å²) in [5, 5.41) is 3.21. The van der Waals surface area contributed by atoms with E-state index in [4.69, 9.17) is 0 Å². The Kier molecular flexibility index (Phi) is 4.54. The van der Waals surface area contributed by atoms with Crippen molar-refractivity contribution in [3.63, 3.8) is 0 Å². The molecule has 1 aromatic heterocycles. The molecule has 2 aromatic rings. The summed E-state index contributed by atoms with van der Waals surface area (Å²) in [5.41, 5.74) is 1.39. The summed E-state index contributed by atoms with van der Waals surface area (Å²) in [6.07, 6.45) is 1.72. The van der Waals surface area contributed by atoms with Crippen molar-refractivity contribution in [2.75, 3.05) is 13.6 Å². The second-order valence-corrected chi connectivity index (χ2v) is 6.40. The van der Waals surface area contributed by atoms with Crippen molar-refractivity contribution in [2.45, 2.75) is 18.2 Å². The molecule has 1 aromatic carbocycles. The predicted molar refractivity (Wildman–Crippen MR) is 80.4 cm³/mol. The lowest BCUT2D eigenvalue weighted by molar-refractivity contribution is -0.120. The lowest BCUT2D eigenvalue weighted by atomic mass is 10.2. The van der Waals surface area contributed by atoms with Crippen molar-refractivity contribution in [3.05, 3.63) is 36.0 Å². The third-order valence-corrected chi connectivity index (χ3v) is 4.52. The highest BCUT2D eigenvalue weighted by molar-refractivity contribution is 7.89. The van der Waals surface area contributed by atoms with E-state index >= 15 is 0 Å². The van der Waals surface area contributed by atoms with Gasteiger partial charge in [0.2, 0.25) is 15.9 Å². The number of hydrogen-bond donors (Lipinski definition) is 2. The highest BCUT2D eigenvalue weighted by atomic mass is 32.2. The fourth-order valence-corrected chi connectivity index (χ4v) is 3.17. The predicted octanol–water partition coefficient (Wildman–Crippen LogP) is 0.958. The minimum Gasteiger partial charge on any atom is -0.359 e. The minimum atomic E-state index is -3.70. The topological polar surface area (TPSA) is 88.2 Å². The van der Waals surface area contributed by atoms with Crippen LogP contribution in [-0.2, 0) is 14.8 Å². The molecule has 2 rings (SSSR count). The first-order valence-electron chi connectivity index (χ1n) is 6.49. The van der Waals surface area contributed by atoms with Crippen molar-refractivity contribution in [1.82, 2.24) is 15.0 Å². The third-order valence-electron chi connectivity index (χ3n) is 3.02. The number of carbonyl (C=O) groups is 1. The van der Waals surface area contributed by atoms with Crippen LogP contribution in [0.15, 0.2) is 35.4 Å². The van der Waals surface area contributed by atoms with E-state index in [0.29, 0.717) is 5.52 Å². The normalized spacial score (nSPS) is 11.5. The average molecular weight is 307 g/mol. The molecule has 2 N–H and O–H groups in total. The molecule has 112 valence electrons. The van der Waals surface area contributed by atoms with Crippen molar-refractivity contribution in [2.24, 2.45) is 0 Å². The Hall–Kier alpha value is -1.99. The number of sulfonamides is 1. The molecule has 0 bridgehead atoms. The smallest absolute Gasteiger partial charge is 0.242 e. The maximum Gasteiger partial charge on any atom is 0.242 e. The number of aryl methyl sites for hydroxylation is 1. The van der Waals surface area contributed by atoms with E-state index in [9.17, 15) is 13.2 Å². The van der Waals surface area contributed by atoms with Gasteiger partial charge in [-0.2, -0.15) is 0 Å². The van der Waals surface area contributed by atoms with Crippen LogP contribution in [0.5, 0.6) is 0 Å². The van der Waals surface area contributed by atoms with E-state index in [1.54, 1.807) is 12.3 Å². The minimum absolute atomic E-state index is 0.0459. The highest BCUT2D eigenvalue weighted by Gasteiger charge is 2.18. The van der Waals surface area contributed by atoms with Gasteiger partial charge in [-0.15, -0.1) is 0 Å². The number of carbonyl (C=O) groups excluding carboxylic acids is 1. The SMILES string of the molecule is CNC(=O)CCNS(=O)(=O)c1cccc2cc(C)cnc12. The molecule has 1 heterocycles. The molecule has 0 saturated carbocycles.